The number of likely N-dealkylation sites (N-methyl/N-ethyl adjacent to an activating group) is 1. The van der Waals surface area contributed by atoms with Crippen LogP contribution < -0.4 is 10.1 Å². The van der Waals surface area contributed by atoms with Gasteiger partial charge < -0.3 is 15.0 Å². The highest BCUT2D eigenvalue weighted by atomic mass is 32.1. The summed E-state index contributed by atoms with van der Waals surface area (Å²) in [6.07, 6.45) is 0.187. The Labute approximate surface area is 185 Å². The predicted octanol–water partition coefficient (Wildman–Crippen LogP) is 3.49. The average Bonchev–Trinajstić information content (AvgIpc) is 3.13. The summed E-state index contributed by atoms with van der Waals surface area (Å²) in [4.78, 5) is 26.1. The van der Waals surface area contributed by atoms with E-state index in [-0.39, 0.29) is 24.8 Å². The van der Waals surface area contributed by atoms with Crippen LogP contribution in [0.25, 0.3) is 11.4 Å². The Morgan fingerprint density at radius 3 is 2.55 bits per heavy atom. The van der Waals surface area contributed by atoms with Crippen molar-refractivity contribution >= 4 is 29.7 Å². The molecule has 1 heterocycles. The zero-order valence-corrected chi connectivity index (χ0v) is 18.3. The van der Waals surface area contributed by atoms with Crippen molar-refractivity contribution in [1.82, 2.24) is 19.7 Å². The minimum Gasteiger partial charge on any atom is -0.494 e. The van der Waals surface area contributed by atoms with Gasteiger partial charge in [0.2, 0.25) is 11.8 Å². The number of nitrogens with zero attached hydrogens (tertiary/aromatic N) is 3. The lowest BCUT2D eigenvalue weighted by atomic mass is 10.2. The standard InChI is InChI=1S/C22H25N5O3S/c1-3-30-18-11-9-16(10-12-18)21-24-25-22(31)27(21)14-13-20(29)26(2)15-19(28)23-17-7-5-4-6-8-17/h4-12H,3,13-15H2,1-2H3,(H,23,28)(H,25,31). The van der Waals surface area contributed by atoms with Crippen LogP contribution in [0, 0.1) is 4.77 Å². The number of amides is 2. The normalized spacial score (nSPS) is 10.5. The van der Waals surface area contributed by atoms with Crippen LogP contribution in [0.2, 0.25) is 0 Å². The molecule has 2 amide bonds. The highest BCUT2D eigenvalue weighted by Crippen LogP contribution is 2.21. The van der Waals surface area contributed by atoms with Gasteiger partial charge in [-0.15, -0.1) is 0 Å². The van der Waals surface area contributed by atoms with Gasteiger partial charge in [0.05, 0.1) is 13.2 Å². The number of aromatic amines is 1. The summed E-state index contributed by atoms with van der Waals surface area (Å²) in [6.45, 7) is 2.84. The second kappa shape index (κ2) is 10.5. The number of hydrogen-bond acceptors (Lipinski definition) is 5. The summed E-state index contributed by atoms with van der Waals surface area (Å²) in [5.41, 5.74) is 1.55. The van der Waals surface area contributed by atoms with E-state index >= 15 is 0 Å². The van der Waals surface area contributed by atoms with E-state index in [9.17, 15) is 9.59 Å². The molecule has 3 aromatic rings. The minimum absolute atomic E-state index is 0.0315. The van der Waals surface area contributed by atoms with Crippen molar-refractivity contribution < 1.29 is 14.3 Å². The number of aromatic nitrogens is 3. The molecule has 0 radical (unpaired) electrons. The Morgan fingerprint density at radius 1 is 1.16 bits per heavy atom. The van der Waals surface area contributed by atoms with Crippen LogP contribution in [0.15, 0.2) is 54.6 Å². The Kier molecular flexibility index (Phi) is 7.55. The maximum atomic E-state index is 12.6. The van der Waals surface area contributed by atoms with E-state index in [1.165, 1.54) is 4.90 Å². The molecule has 0 aliphatic rings. The summed E-state index contributed by atoms with van der Waals surface area (Å²) in [6, 6.07) is 16.7. The molecule has 9 heteroatoms. The van der Waals surface area contributed by atoms with Gasteiger partial charge >= 0.3 is 0 Å². The van der Waals surface area contributed by atoms with E-state index in [1.807, 2.05) is 49.4 Å². The summed E-state index contributed by atoms with van der Waals surface area (Å²) in [5.74, 6) is 1.00. The molecule has 1 aromatic heterocycles. The van der Waals surface area contributed by atoms with Crippen LogP contribution in [0.5, 0.6) is 5.75 Å². The van der Waals surface area contributed by atoms with Crippen molar-refractivity contribution in [2.24, 2.45) is 0 Å². The topological polar surface area (TPSA) is 92.2 Å². The summed E-state index contributed by atoms with van der Waals surface area (Å²) < 4.78 is 7.68. The molecule has 2 N–H and O–H groups in total. The van der Waals surface area contributed by atoms with Crippen LogP contribution >= 0.6 is 12.2 Å². The lowest BCUT2D eigenvalue weighted by Crippen LogP contribution is -2.35. The second-order valence-corrected chi connectivity index (χ2v) is 7.26. The van der Waals surface area contributed by atoms with Crippen molar-refractivity contribution in [3.63, 3.8) is 0 Å². The van der Waals surface area contributed by atoms with Crippen molar-refractivity contribution in [1.29, 1.82) is 0 Å². The number of hydrogen-bond donors (Lipinski definition) is 2. The highest BCUT2D eigenvalue weighted by molar-refractivity contribution is 7.71. The van der Waals surface area contributed by atoms with E-state index in [0.717, 1.165) is 11.3 Å². The first-order valence-electron chi connectivity index (χ1n) is 9.95. The number of ether oxygens (including phenoxy) is 1. The van der Waals surface area contributed by atoms with Gasteiger partial charge in [-0.25, -0.2) is 0 Å². The van der Waals surface area contributed by atoms with Gasteiger partial charge in [-0.05, 0) is 55.5 Å². The third kappa shape index (κ3) is 6.02. The zero-order chi connectivity index (χ0) is 22.2. The fraction of sp³-hybridized carbons (Fsp3) is 0.273. The number of rotatable bonds is 9. The molecule has 0 unspecified atom stereocenters. The van der Waals surface area contributed by atoms with Crippen LogP contribution in [0.4, 0.5) is 5.69 Å². The first kappa shape index (κ1) is 22.2. The molecular formula is C22H25N5O3S. The Morgan fingerprint density at radius 2 is 1.87 bits per heavy atom. The summed E-state index contributed by atoms with van der Waals surface area (Å²) in [7, 11) is 1.61. The molecule has 0 aliphatic carbocycles. The maximum absolute atomic E-state index is 12.6. The zero-order valence-electron chi connectivity index (χ0n) is 17.5. The number of carbonyl (C=O) groups excluding carboxylic acids is 2. The van der Waals surface area contributed by atoms with Gasteiger partial charge in [0, 0.05) is 31.3 Å². The van der Waals surface area contributed by atoms with Gasteiger partial charge in [-0.2, -0.15) is 5.10 Å². The fourth-order valence-electron chi connectivity index (χ4n) is 3.04. The fourth-order valence-corrected chi connectivity index (χ4v) is 3.26. The molecule has 0 saturated heterocycles. The Balaban J connectivity index is 1.59. The van der Waals surface area contributed by atoms with Crippen LogP contribution in [0.3, 0.4) is 0 Å². The first-order valence-corrected chi connectivity index (χ1v) is 10.4. The highest BCUT2D eigenvalue weighted by Gasteiger charge is 2.15. The molecule has 0 spiro atoms. The molecule has 0 bridgehead atoms. The lowest BCUT2D eigenvalue weighted by molar-refractivity contribution is -0.133. The van der Waals surface area contributed by atoms with Gasteiger partial charge in [0.1, 0.15) is 5.75 Å². The van der Waals surface area contributed by atoms with Gasteiger partial charge in [-0.3, -0.25) is 19.3 Å². The molecule has 2 aromatic carbocycles. The van der Waals surface area contributed by atoms with E-state index in [2.05, 4.69) is 15.5 Å². The molecular weight excluding hydrogens is 414 g/mol. The SMILES string of the molecule is CCOc1ccc(-c2n[nH]c(=S)n2CCC(=O)N(C)CC(=O)Nc2ccccc2)cc1. The van der Waals surface area contributed by atoms with Crippen molar-refractivity contribution in [3.8, 4) is 17.1 Å². The molecule has 0 fully saturated rings. The Hall–Kier alpha value is -3.46. The average molecular weight is 440 g/mol. The predicted molar refractivity (Wildman–Crippen MR) is 121 cm³/mol. The summed E-state index contributed by atoms with van der Waals surface area (Å²) >= 11 is 5.33. The van der Waals surface area contributed by atoms with Gasteiger partial charge in [0.15, 0.2) is 10.6 Å². The molecule has 3 rings (SSSR count). The van der Waals surface area contributed by atoms with Crippen molar-refractivity contribution in [3.05, 3.63) is 59.4 Å². The number of anilines is 1. The number of H-pyrrole nitrogens is 1. The number of benzene rings is 2. The third-order valence-corrected chi connectivity index (χ3v) is 4.91. The molecule has 162 valence electrons. The second-order valence-electron chi connectivity index (χ2n) is 6.88. The number of carbonyl (C=O) groups is 2. The number of nitrogens with one attached hydrogen (secondary N) is 2. The first-order chi connectivity index (χ1) is 15.0. The van der Waals surface area contributed by atoms with E-state index in [4.69, 9.17) is 17.0 Å². The van der Waals surface area contributed by atoms with E-state index in [1.54, 1.807) is 23.7 Å². The van der Waals surface area contributed by atoms with Crippen LogP contribution in [-0.2, 0) is 16.1 Å². The van der Waals surface area contributed by atoms with E-state index < -0.39 is 0 Å². The third-order valence-electron chi connectivity index (χ3n) is 4.60. The molecule has 0 atom stereocenters. The van der Waals surface area contributed by atoms with Crippen molar-refractivity contribution in [2.75, 3.05) is 25.5 Å². The Bertz CT molecular complexity index is 1080. The quantitative estimate of drug-likeness (QED) is 0.498. The van der Waals surface area contributed by atoms with Crippen LogP contribution in [-0.4, -0.2) is 51.7 Å². The largest absolute Gasteiger partial charge is 0.494 e. The minimum atomic E-state index is -0.253. The van der Waals surface area contributed by atoms with Crippen LogP contribution in [0.1, 0.15) is 13.3 Å². The smallest absolute Gasteiger partial charge is 0.243 e. The van der Waals surface area contributed by atoms with Gasteiger partial charge in [-0.1, -0.05) is 18.2 Å². The number of para-hydroxylation sites is 1. The lowest BCUT2D eigenvalue weighted by Gasteiger charge is -2.17. The maximum Gasteiger partial charge on any atom is 0.243 e. The molecule has 31 heavy (non-hydrogen) atoms. The summed E-state index contributed by atoms with van der Waals surface area (Å²) in [5, 5.41) is 9.85. The molecule has 8 nitrogen and oxygen atoms in total. The van der Waals surface area contributed by atoms with Crippen molar-refractivity contribution in [2.45, 2.75) is 19.9 Å². The van der Waals surface area contributed by atoms with E-state index in [0.29, 0.717) is 29.4 Å². The van der Waals surface area contributed by atoms with Gasteiger partial charge in [0.25, 0.3) is 0 Å². The monoisotopic (exact) mass is 439 g/mol. The molecule has 0 saturated carbocycles. The molecule has 0 aliphatic heterocycles.